The third-order valence-corrected chi connectivity index (χ3v) is 6.49. The Morgan fingerprint density at radius 3 is 2.52 bits per heavy atom. The van der Waals surface area contributed by atoms with Crippen molar-refractivity contribution in [2.45, 2.75) is 13.0 Å². The van der Waals surface area contributed by atoms with Crippen LogP contribution in [-0.4, -0.2) is 64.2 Å². The second kappa shape index (κ2) is 8.13. The van der Waals surface area contributed by atoms with Crippen molar-refractivity contribution in [2.75, 3.05) is 33.2 Å². The van der Waals surface area contributed by atoms with Crippen LogP contribution in [0.4, 0.5) is 4.39 Å². The minimum atomic E-state index is -1.14. The van der Waals surface area contributed by atoms with Gasteiger partial charge in [0.1, 0.15) is 22.7 Å². The lowest BCUT2D eigenvalue weighted by Crippen LogP contribution is -2.46. The molecule has 1 atom stereocenters. The van der Waals surface area contributed by atoms with E-state index in [1.54, 1.807) is 25.1 Å². The van der Waals surface area contributed by atoms with Crippen molar-refractivity contribution in [3.05, 3.63) is 71.0 Å². The maximum absolute atomic E-state index is 14.2. The predicted octanol–water partition coefficient (Wildman–Crippen LogP) is 4.17. The fourth-order valence-electron chi connectivity index (χ4n) is 4.89. The number of piperazine rings is 1. The molecule has 0 radical (unpaired) electrons. The first-order valence-corrected chi connectivity index (χ1v) is 10.8. The fraction of sp³-hybridized carbons (Fsp3) is 0.280. The number of furan rings is 1. The summed E-state index contributed by atoms with van der Waals surface area (Å²) in [5, 5.41) is 23.1. The molecule has 2 N–H and O–H groups in total. The molecule has 2 aromatic carbocycles. The van der Waals surface area contributed by atoms with Crippen LogP contribution < -0.4 is 0 Å². The van der Waals surface area contributed by atoms with Crippen LogP contribution in [0.3, 0.4) is 0 Å². The van der Waals surface area contributed by atoms with E-state index < -0.39 is 18.0 Å². The average molecular weight is 449 g/mol. The van der Waals surface area contributed by atoms with Gasteiger partial charge >= 0.3 is 5.97 Å². The number of pyridine rings is 1. The van der Waals surface area contributed by atoms with E-state index in [1.165, 1.54) is 12.3 Å². The summed E-state index contributed by atoms with van der Waals surface area (Å²) in [6, 6.07) is 9.67. The Hall–Kier alpha value is -3.49. The van der Waals surface area contributed by atoms with Crippen molar-refractivity contribution in [3.8, 4) is 5.75 Å². The van der Waals surface area contributed by atoms with E-state index >= 15 is 0 Å². The number of hydrogen-bond donors (Lipinski definition) is 2. The summed E-state index contributed by atoms with van der Waals surface area (Å²) >= 11 is 0. The number of phenolic OH excluding ortho intramolecular Hbond substituents is 1. The quantitative estimate of drug-likeness (QED) is 0.452. The first-order chi connectivity index (χ1) is 15.9. The van der Waals surface area contributed by atoms with Crippen LogP contribution in [0.5, 0.6) is 5.75 Å². The highest BCUT2D eigenvalue weighted by Gasteiger charge is 2.34. The smallest absolute Gasteiger partial charge is 0.339 e. The Labute approximate surface area is 189 Å². The van der Waals surface area contributed by atoms with Crippen molar-refractivity contribution in [1.82, 2.24) is 14.8 Å². The number of carboxylic acids is 1. The number of rotatable bonds is 4. The normalized spacial score (nSPS) is 16.5. The van der Waals surface area contributed by atoms with E-state index in [0.717, 1.165) is 13.1 Å². The number of carboxylic acid groups (broad SMARTS) is 1. The molecule has 1 unspecified atom stereocenters. The Morgan fingerprint density at radius 1 is 1.15 bits per heavy atom. The summed E-state index contributed by atoms with van der Waals surface area (Å²) in [5.41, 5.74) is 1.42. The number of likely N-dealkylation sites (N-methyl/N-ethyl adjacent to an activating group) is 1. The molecule has 0 saturated carbocycles. The van der Waals surface area contributed by atoms with Gasteiger partial charge in [-0.2, -0.15) is 4.39 Å². The highest BCUT2D eigenvalue weighted by atomic mass is 19.1. The van der Waals surface area contributed by atoms with Crippen LogP contribution in [0.2, 0.25) is 0 Å². The SMILES string of the molecule is Cc1oc2c(c1C(=O)O)c(C(c1ccnc(F)c1)N1CCN(C)CC1)c(O)c1ccccc12. The van der Waals surface area contributed by atoms with Crippen molar-refractivity contribution >= 4 is 27.7 Å². The number of aryl methyl sites for hydroxylation is 1. The Bertz CT molecular complexity index is 1380. The first-order valence-electron chi connectivity index (χ1n) is 10.8. The number of aromatic carboxylic acids is 1. The molecular formula is C25H24FN3O4. The van der Waals surface area contributed by atoms with Gasteiger partial charge in [-0.1, -0.05) is 24.3 Å². The molecule has 1 aliphatic rings. The summed E-state index contributed by atoms with van der Waals surface area (Å²) in [4.78, 5) is 20.3. The molecule has 2 aromatic heterocycles. The first kappa shape index (κ1) is 21.4. The molecule has 1 aliphatic heterocycles. The summed E-state index contributed by atoms with van der Waals surface area (Å²) in [6.45, 7) is 4.52. The largest absolute Gasteiger partial charge is 0.507 e. The molecule has 170 valence electrons. The summed E-state index contributed by atoms with van der Waals surface area (Å²) in [6.07, 6.45) is 1.39. The number of phenols is 1. The van der Waals surface area contributed by atoms with Gasteiger partial charge in [-0.25, -0.2) is 9.78 Å². The standard InChI is InChI=1S/C25H24FN3O4/c1-14-19(25(31)32)20-21(23(30)16-5-3-4-6-17(16)24(20)33-14)22(15-7-8-27-18(26)13-15)29-11-9-28(2)10-12-29/h3-8,13,22,30H,9-12H2,1-2H3,(H,31,32). The molecule has 7 nitrogen and oxygen atoms in total. The number of halogens is 1. The maximum atomic E-state index is 14.2. The van der Waals surface area contributed by atoms with E-state index in [1.807, 2.05) is 19.2 Å². The second-order valence-electron chi connectivity index (χ2n) is 8.50. The molecule has 1 fully saturated rings. The highest BCUT2D eigenvalue weighted by Crippen LogP contribution is 2.47. The van der Waals surface area contributed by atoms with E-state index in [2.05, 4.69) is 14.8 Å². The number of aromatic nitrogens is 1. The van der Waals surface area contributed by atoms with Crippen LogP contribution >= 0.6 is 0 Å². The summed E-state index contributed by atoms with van der Waals surface area (Å²) in [7, 11) is 2.03. The van der Waals surface area contributed by atoms with E-state index in [4.69, 9.17) is 4.42 Å². The van der Waals surface area contributed by atoms with Gasteiger partial charge in [-0.05, 0) is 31.7 Å². The molecule has 33 heavy (non-hydrogen) atoms. The maximum Gasteiger partial charge on any atom is 0.339 e. The lowest BCUT2D eigenvalue weighted by Gasteiger charge is -2.39. The fourth-order valence-corrected chi connectivity index (χ4v) is 4.89. The zero-order valence-electron chi connectivity index (χ0n) is 18.4. The minimum Gasteiger partial charge on any atom is -0.507 e. The Morgan fingerprint density at radius 2 is 1.85 bits per heavy atom. The van der Waals surface area contributed by atoms with Crippen molar-refractivity contribution in [3.63, 3.8) is 0 Å². The topological polar surface area (TPSA) is 90.0 Å². The van der Waals surface area contributed by atoms with Crippen LogP contribution in [0, 0.1) is 12.9 Å². The van der Waals surface area contributed by atoms with Gasteiger partial charge in [0.2, 0.25) is 5.95 Å². The number of fused-ring (bicyclic) bond motifs is 3. The average Bonchev–Trinajstić information content (AvgIpc) is 3.14. The van der Waals surface area contributed by atoms with E-state index in [-0.39, 0.29) is 17.1 Å². The molecule has 4 aromatic rings. The molecule has 0 spiro atoms. The van der Waals surface area contributed by atoms with Gasteiger partial charge in [0.15, 0.2) is 0 Å². The lowest BCUT2D eigenvalue weighted by molar-refractivity contribution is 0.0696. The van der Waals surface area contributed by atoms with Crippen LogP contribution in [0.15, 0.2) is 47.0 Å². The van der Waals surface area contributed by atoms with Gasteiger partial charge in [0, 0.05) is 54.1 Å². The molecule has 0 aliphatic carbocycles. The molecular weight excluding hydrogens is 425 g/mol. The van der Waals surface area contributed by atoms with E-state index in [9.17, 15) is 19.4 Å². The van der Waals surface area contributed by atoms with E-state index in [0.29, 0.717) is 46.0 Å². The van der Waals surface area contributed by atoms with Gasteiger partial charge in [-0.15, -0.1) is 0 Å². The third kappa shape index (κ3) is 3.51. The molecule has 3 heterocycles. The molecule has 0 bridgehead atoms. The van der Waals surface area contributed by atoms with Gasteiger partial charge in [0.05, 0.1) is 6.04 Å². The van der Waals surface area contributed by atoms with Crippen molar-refractivity contribution < 1.29 is 23.8 Å². The van der Waals surface area contributed by atoms with Crippen LogP contribution in [-0.2, 0) is 0 Å². The molecule has 0 amide bonds. The zero-order valence-corrected chi connectivity index (χ0v) is 18.4. The Balaban J connectivity index is 1.89. The molecule has 8 heteroatoms. The van der Waals surface area contributed by atoms with Gasteiger partial charge < -0.3 is 19.5 Å². The molecule has 5 rings (SSSR count). The minimum absolute atomic E-state index is 0.00899. The van der Waals surface area contributed by atoms with Gasteiger partial charge in [0.25, 0.3) is 0 Å². The zero-order chi connectivity index (χ0) is 23.3. The number of carbonyl (C=O) groups is 1. The third-order valence-electron chi connectivity index (χ3n) is 6.49. The predicted molar refractivity (Wildman–Crippen MR) is 122 cm³/mol. The number of aromatic hydroxyl groups is 1. The molecule has 1 saturated heterocycles. The van der Waals surface area contributed by atoms with Crippen molar-refractivity contribution in [2.24, 2.45) is 0 Å². The van der Waals surface area contributed by atoms with Crippen molar-refractivity contribution in [1.29, 1.82) is 0 Å². The van der Waals surface area contributed by atoms with Gasteiger partial charge in [-0.3, -0.25) is 4.90 Å². The highest BCUT2D eigenvalue weighted by molar-refractivity contribution is 6.16. The number of nitrogens with zero attached hydrogens (tertiary/aromatic N) is 3. The van der Waals surface area contributed by atoms with Crippen LogP contribution in [0.25, 0.3) is 21.7 Å². The lowest BCUT2D eigenvalue weighted by atomic mass is 9.89. The monoisotopic (exact) mass is 449 g/mol. The van der Waals surface area contributed by atoms with Crippen LogP contribution in [0.1, 0.15) is 33.3 Å². The number of benzene rings is 2. The second-order valence-corrected chi connectivity index (χ2v) is 8.50. The Kier molecular flexibility index (Phi) is 5.26. The summed E-state index contributed by atoms with van der Waals surface area (Å²) in [5.74, 6) is -1.54. The summed E-state index contributed by atoms with van der Waals surface area (Å²) < 4.78 is 20.2. The number of hydrogen-bond acceptors (Lipinski definition) is 6.